The van der Waals surface area contributed by atoms with Gasteiger partial charge in [0.05, 0.1) is 12.2 Å². The van der Waals surface area contributed by atoms with E-state index in [2.05, 4.69) is 6.92 Å². The highest BCUT2D eigenvalue weighted by atomic mass is 16.5. The fourth-order valence-electron chi connectivity index (χ4n) is 2.22. The van der Waals surface area contributed by atoms with E-state index >= 15 is 0 Å². The maximum absolute atomic E-state index is 11.9. The largest absolute Gasteiger partial charge is 0.462 e. The molecule has 0 saturated carbocycles. The molecule has 0 fully saturated rings. The first-order valence-corrected chi connectivity index (χ1v) is 7.68. The number of hydrogen-bond donors (Lipinski definition) is 1. The van der Waals surface area contributed by atoms with Gasteiger partial charge in [-0.15, -0.1) is 0 Å². The van der Waals surface area contributed by atoms with Crippen LogP contribution in [-0.2, 0) is 4.74 Å². The maximum Gasteiger partial charge on any atom is 0.338 e. The SMILES string of the molecule is CCCCCCCCCOC(=O)c1ccc(N)cc1C. The Morgan fingerprint density at radius 3 is 2.40 bits per heavy atom. The normalized spacial score (nSPS) is 10.5. The van der Waals surface area contributed by atoms with Crippen LogP contribution in [0.3, 0.4) is 0 Å². The highest BCUT2D eigenvalue weighted by molar-refractivity contribution is 5.91. The molecule has 0 radical (unpaired) electrons. The highest BCUT2D eigenvalue weighted by Gasteiger charge is 2.09. The zero-order valence-electron chi connectivity index (χ0n) is 12.8. The first-order valence-electron chi connectivity index (χ1n) is 7.68. The number of carbonyl (C=O) groups is 1. The molecule has 0 spiro atoms. The summed E-state index contributed by atoms with van der Waals surface area (Å²) in [6.07, 6.45) is 8.53. The average Bonchev–Trinajstić information content (AvgIpc) is 2.41. The molecule has 0 saturated heterocycles. The minimum Gasteiger partial charge on any atom is -0.462 e. The van der Waals surface area contributed by atoms with Crippen LogP contribution in [0.4, 0.5) is 5.69 Å². The summed E-state index contributed by atoms with van der Waals surface area (Å²) in [6, 6.07) is 5.26. The molecule has 0 unspecified atom stereocenters. The Kier molecular flexibility index (Phi) is 7.78. The van der Waals surface area contributed by atoms with Crippen molar-refractivity contribution in [1.82, 2.24) is 0 Å². The third kappa shape index (κ3) is 6.09. The molecule has 1 aromatic rings. The van der Waals surface area contributed by atoms with Crippen LogP contribution in [-0.4, -0.2) is 12.6 Å². The zero-order valence-corrected chi connectivity index (χ0v) is 12.8. The highest BCUT2D eigenvalue weighted by Crippen LogP contribution is 2.14. The summed E-state index contributed by atoms with van der Waals surface area (Å²) in [7, 11) is 0. The number of nitrogen functional groups attached to an aromatic ring is 1. The summed E-state index contributed by atoms with van der Waals surface area (Å²) >= 11 is 0. The van der Waals surface area contributed by atoms with Crippen molar-refractivity contribution in [2.45, 2.75) is 58.8 Å². The van der Waals surface area contributed by atoms with Gasteiger partial charge >= 0.3 is 5.97 Å². The molecule has 112 valence electrons. The van der Waals surface area contributed by atoms with Crippen molar-refractivity contribution in [3.05, 3.63) is 29.3 Å². The number of anilines is 1. The standard InChI is InChI=1S/C17H27NO2/c1-3-4-5-6-7-8-9-12-20-17(19)16-11-10-15(18)13-14(16)2/h10-11,13H,3-9,12,18H2,1-2H3. The van der Waals surface area contributed by atoms with Gasteiger partial charge in [-0.2, -0.15) is 0 Å². The number of hydrogen-bond acceptors (Lipinski definition) is 3. The van der Waals surface area contributed by atoms with E-state index in [9.17, 15) is 4.79 Å². The first kappa shape index (κ1) is 16.5. The molecule has 0 heterocycles. The summed E-state index contributed by atoms with van der Waals surface area (Å²) in [5.41, 5.74) is 7.82. The molecular formula is C17H27NO2. The lowest BCUT2D eigenvalue weighted by Gasteiger charge is -2.07. The molecule has 0 aliphatic carbocycles. The van der Waals surface area contributed by atoms with Gasteiger partial charge in [0.25, 0.3) is 0 Å². The number of ether oxygens (including phenoxy) is 1. The van der Waals surface area contributed by atoms with Crippen molar-refractivity contribution in [2.75, 3.05) is 12.3 Å². The van der Waals surface area contributed by atoms with Crippen LogP contribution in [0, 0.1) is 6.92 Å². The van der Waals surface area contributed by atoms with Gasteiger partial charge in [-0.25, -0.2) is 4.79 Å². The molecule has 3 heteroatoms. The van der Waals surface area contributed by atoms with Gasteiger partial charge < -0.3 is 10.5 Å². The number of rotatable bonds is 9. The first-order chi connectivity index (χ1) is 9.65. The number of benzene rings is 1. The molecule has 20 heavy (non-hydrogen) atoms. The molecule has 2 N–H and O–H groups in total. The van der Waals surface area contributed by atoms with Gasteiger partial charge in [-0.05, 0) is 37.1 Å². The third-order valence-electron chi connectivity index (χ3n) is 3.45. The van der Waals surface area contributed by atoms with Crippen molar-refractivity contribution in [2.24, 2.45) is 0 Å². The van der Waals surface area contributed by atoms with Crippen LogP contribution in [0.5, 0.6) is 0 Å². The number of esters is 1. The number of unbranched alkanes of at least 4 members (excludes halogenated alkanes) is 6. The monoisotopic (exact) mass is 277 g/mol. The second kappa shape index (κ2) is 9.40. The van der Waals surface area contributed by atoms with E-state index in [0.29, 0.717) is 17.9 Å². The van der Waals surface area contributed by atoms with E-state index in [0.717, 1.165) is 18.4 Å². The molecule has 0 aromatic heterocycles. The van der Waals surface area contributed by atoms with E-state index in [1.165, 1.54) is 32.1 Å². The third-order valence-corrected chi connectivity index (χ3v) is 3.45. The van der Waals surface area contributed by atoms with Crippen LogP contribution < -0.4 is 5.73 Å². The van der Waals surface area contributed by atoms with E-state index < -0.39 is 0 Å². The van der Waals surface area contributed by atoms with Crippen molar-refractivity contribution in [3.8, 4) is 0 Å². The van der Waals surface area contributed by atoms with Crippen LogP contribution in [0.2, 0.25) is 0 Å². The lowest BCUT2D eigenvalue weighted by atomic mass is 10.1. The van der Waals surface area contributed by atoms with Crippen molar-refractivity contribution >= 4 is 11.7 Å². The molecule has 1 aromatic carbocycles. The van der Waals surface area contributed by atoms with Crippen LogP contribution in [0.1, 0.15) is 67.8 Å². The molecule has 0 aliphatic heterocycles. The minimum atomic E-state index is -0.242. The predicted octanol–water partition coefficient (Wildman–Crippen LogP) is 4.48. The molecule has 0 atom stereocenters. The molecule has 0 amide bonds. The van der Waals surface area contributed by atoms with Gasteiger partial charge in [-0.3, -0.25) is 0 Å². The van der Waals surface area contributed by atoms with Crippen molar-refractivity contribution < 1.29 is 9.53 Å². The summed E-state index contributed by atoms with van der Waals surface area (Å²) in [4.78, 5) is 11.9. The summed E-state index contributed by atoms with van der Waals surface area (Å²) in [6.45, 7) is 4.61. The zero-order chi connectivity index (χ0) is 14.8. The van der Waals surface area contributed by atoms with E-state index in [-0.39, 0.29) is 5.97 Å². The summed E-state index contributed by atoms with van der Waals surface area (Å²) < 4.78 is 5.30. The van der Waals surface area contributed by atoms with Crippen molar-refractivity contribution in [1.29, 1.82) is 0 Å². The lowest BCUT2D eigenvalue weighted by molar-refractivity contribution is 0.0497. The Morgan fingerprint density at radius 1 is 1.10 bits per heavy atom. The Labute approximate surface area is 122 Å². The minimum absolute atomic E-state index is 0.242. The maximum atomic E-state index is 11.9. The van der Waals surface area contributed by atoms with Crippen LogP contribution in [0.25, 0.3) is 0 Å². The summed E-state index contributed by atoms with van der Waals surface area (Å²) in [5.74, 6) is -0.242. The van der Waals surface area contributed by atoms with Gasteiger partial charge in [0.15, 0.2) is 0 Å². The summed E-state index contributed by atoms with van der Waals surface area (Å²) in [5, 5.41) is 0. The Morgan fingerprint density at radius 2 is 1.75 bits per heavy atom. The topological polar surface area (TPSA) is 52.3 Å². The quantitative estimate of drug-likeness (QED) is 0.411. The molecular weight excluding hydrogens is 250 g/mol. The number of nitrogens with two attached hydrogens (primary N) is 1. The van der Waals surface area contributed by atoms with Crippen LogP contribution >= 0.6 is 0 Å². The van der Waals surface area contributed by atoms with Gasteiger partial charge in [-0.1, -0.05) is 45.4 Å². The van der Waals surface area contributed by atoms with E-state index in [1.807, 2.05) is 6.92 Å². The van der Waals surface area contributed by atoms with Gasteiger partial charge in [0, 0.05) is 5.69 Å². The van der Waals surface area contributed by atoms with Gasteiger partial charge in [0.2, 0.25) is 0 Å². The number of carbonyl (C=O) groups excluding carboxylic acids is 1. The molecule has 0 aliphatic rings. The lowest BCUT2D eigenvalue weighted by Crippen LogP contribution is -2.08. The van der Waals surface area contributed by atoms with Crippen LogP contribution in [0.15, 0.2) is 18.2 Å². The van der Waals surface area contributed by atoms with E-state index in [4.69, 9.17) is 10.5 Å². The number of aryl methyl sites for hydroxylation is 1. The smallest absolute Gasteiger partial charge is 0.338 e. The molecule has 3 nitrogen and oxygen atoms in total. The van der Waals surface area contributed by atoms with Gasteiger partial charge in [0.1, 0.15) is 0 Å². The second-order valence-corrected chi connectivity index (χ2v) is 5.33. The molecule has 1 rings (SSSR count). The van der Waals surface area contributed by atoms with E-state index in [1.54, 1.807) is 18.2 Å². The average molecular weight is 277 g/mol. The fourth-order valence-corrected chi connectivity index (χ4v) is 2.22. The Bertz CT molecular complexity index is 415. The van der Waals surface area contributed by atoms with Crippen molar-refractivity contribution in [3.63, 3.8) is 0 Å². The molecule has 0 bridgehead atoms. The Balaban J connectivity index is 2.17. The Hall–Kier alpha value is -1.51. The predicted molar refractivity (Wildman–Crippen MR) is 83.9 cm³/mol. The second-order valence-electron chi connectivity index (χ2n) is 5.33. The fraction of sp³-hybridized carbons (Fsp3) is 0.588.